The van der Waals surface area contributed by atoms with Gasteiger partial charge in [-0.1, -0.05) is 0 Å². The van der Waals surface area contributed by atoms with E-state index in [-0.39, 0.29) is 12.2 Å². The number of ether oxygens (including phenoxy) is 2. The van der Waals surface area contributed by atoms with Crippen molar-refractivity contribution in [1.29, 1.82) is 0 Å². The van der Waals surface area contributed by atoms with Gasteiger partial charge in [-0.05, 0) is 6.07 Å². The summed E-state index contributed by atoms with van der Waals surface area (Å²) in [5.41, 5.74) is 15.0. The summed E-state index contributed by atoms with van der Waals surface area (Å²) in [5.74, 6) is -1.16. The van der Waals surface area contributed by atoms with E-state index in [2.05, 4.69) is 4.98 Å². The van der Waals surface area contributed by atoms with Crippen LogP contribution in [0.25, 0.3) is 0 Å². The highest BCUT2D eigenvalue weighted by molar-refractivity contribution is 7.51. The summed E-state index contributed by atoms with van der Waals surface area (Å²) in [5, 5.41) is 0. The summed E-state index contributed by atoms with van der Waals surface area (Å²) in [6, 6.07) is -0.274. The third kappa shape index (κ3) is 7.26. The van der Waals surface area contributed by atoms with Crippen LogP contribution in [0.4, 0.5) is 5.82 Å². The minimum Gasteiger partial charge on any atom is -0.462 e. The topological polar surface area (TPSA) is 253 Å². The number of anilines is 1. The van der Waals surface area contributed by atoms with Gasteiger partial charge < -0.3 is 35.6 Å². The monoisotopic (exact) mass is 457 g/mol. The highest BCUT2D eigenvalue weighted by Gasteiger charge is 2.41. The van der Waals surface area contributed by atoms with Crippen molar-refractivity contribution >= 4 is 27.1 Å². The maximum Gasteiger partial charge on any atom is 0.400 e. The summed E-state index contributed by atoms with van der Waals surface area (Å²) in [6.07, 6.45) is -3.06. The molecule has 15 nitrogen and oxygen atoms in total. The van der Waals surface area contributed by atoms with Crippen LogP contribution >= 0.6 is 15.3 Å². The molecule has 1 fully saturated rings. The predicted molar refractivity (Wildman–Crippen MR) is 96.2 cm³/mol. The number of carbonyl (C=O) groups excluding carboxylic acids is 1. The minimum absolute atomic E-state index is 0.0246. The molecule has 29 heavy (non-hydrogen) atoms. The number of hydrogen-bond donors (Lipinski definition) is 6. The van der Waals surface area contributed by atoms with Crippen molar-refractivity contribution in [3.05, 3.63) is 22.7 Å². The van der Waals surface area contributed by atoms with Crippen LogP contribution in [0.15, 0.2) is 17.1 Å². The normalized spacial score (nSPS) is 25.3. The Bertz CT molecular complexity index is 897. The minimum atomic E-state index is -4.55. The molecule has 0 spiro atoms. The van der Waals surface area contributed by atoms with Crippen molar-refractivity contribution in [2.24, 2.45) is 11.2 Å². The molecule has 1 aliphatic rings. The number of nitrogens with two attached hydrogens (primary N) is 3. The Hall–Kier alpha value is -1.67. The lowest BCUT2D eigenvalue weighted by Crippen LogP contribution is -2.38. The lowest BCUT2D eigenvalue weighted by molar-refractivity contribution is -0.151. The summed E-state index contributed by atoms with van der Waals surface area (Å²) in [4.78, 5) is 54.3. The van der Waals surface area contributed by atoms with E-state index in [1.54, 1.807) is 0 Å². The molecule has 164 valence electrons. The van der Waals surface area contributed by atoms with E-state index < -0.39 is 64.2 Å². The van der Waals surface area contributed by atoms with Gasteiger partial charge in [0, 0.05) is 12.6 Å². The van der Waals surface area contributed by atoms with Crippen LogP contribution in [0.1, 0.15) is 12.6 Å². The Morgan fingerprint density at radius 1 is 1.41 bits per heavy atom. The van der Waals surface area contributed by atoms with Crippen molar-refractivity contribution in [1.82, 2.24) is 9.55 Å². The number of nitrogen functional groups attached to an aromatic ring is 1. The third-order valence-corrected chi connectivity index (χ3v) is 5.20. The Morgan fingerprint density at radius 3 is 2.62 bits per heavy atom. The van der Waals surface area contributed by atoms with Crippen LogP contribution in [-0.4, -0.2) is 61.2 Å². The Labute approximate surface area is 163 Å². The highest BCUT2D eigenvalue weighted by Crippen LogP contribution is 2.41. The van der Waals surface area contributed by atoms with E-state index in [9.17, 15) is 23.6 Å². The van der Waals surface area contributed by atoms with Gasteiger partial charge in [-0.15, -0.1) is 0 Å². The van der Waals surface area contributed by atoms with Gasteiger partial charge in [0.05, 0.1) is 6.16 Å². The van der Waals surface area contributed by atoms with E-state index in [0.717, 1.165) is 4.57 Å². The van der Waals surface area contributed by atoms with Crippen LogP contribution < -0.4 is 22.7 Å². The fourth-order valence-corrected chi connectivity index (χ4v) is 3.84. The Balaban J connectivity index is 2.10. The standard InChI is InChI=1S/C12H21N5O10P2/c13-6(5-28(20,21)22)11(18)25-4-8-7(27-29(15,23)24)3-10(26-8)17-2-1-9(14)16-12(17)19/h1-2,6-8,10H,3-5,13H2,(H2,14,16,19)(H3,15,23,24)(H2,20,21,22)/t6-,7-,8+,10+/m0/s1. The molecule has 1 unspecified atom stereocenters. The molecule has 0 saturated carbocycles. The molecule has 0 radical (unpaired) electrons. The molecule has 9 N–H and O–H groups in total. The molecule has 0 aromatic carbocycles. The summed E-state index contributed by atoms with van der Waals surface area (Å²) < 4.78 is 38.7. The van der Waals surface area contributed by atoms with E-state index in [0.29, 0.717) is 0 Å². The average molecular weight is 457 g/mol. The second-order valence-corrected chi connectivity index (χ2v) is 9.23. The summed E-state index contributed by atoms with van der Waals surface area (Å²) in [6.45, 7) is -0.550. The van der Waals surface area contributed by atoms with Crippen molar-refractivity contribution in [3.8, 4) is 0 Å². The second kappa shape index (κ2) is 9.00. The quantitative estimate of drug-likeness (QED) is 0.176. The van der Waals surface area contributed by atoms with Gasteiger partial charge in [0.25, 0.3) is 0 Å². The molecule has 2 heterocycles. The molecule has 0 amide bonds. The zero-order valence-electron chi connectivity index (χ0n) is 14.8. The first-order valence-electron chi connectivity index (χ1n) is 8.02. The van der Waals surface area contributed by atoms with Gasteiger partial charge in [0.15, 0.2) is 0 Å². The van der Waals surface area contributed by atoms with Gasteiger partial charge in [-0.3, -0.25) is 18.5 Å². The molecular weight excluding hydrogens is 436 g/mol. The maximum absolute atomic E-state index is 12.0. The number of rotatable bonds is 8. The number of hydrogen-bond acceptors (Lipinski definition) is 10. The average Bonchev–Trinajstić information content (AvgIpc) is 2.91. The Morgan fingerprint density at radius 2 is 2.07 bits per heavy atom. The number of nitrogens with zero attached hydrogens (tertiary/aromatic N) is 2. The van der Waals surface area contributed by atoms with Crippen molar-refractivity contribution < 1.29 is 42.6 Å². The van der Waals surface area contributed by atoms with Crippen molar-refractivity contribution in [2.75, 3.05) is 18.5 Å². The molecule has 1 aromatic rings. The molecule has 2 rings (SSSR count). The van der Waals surface area contributed by atoms with E-state index in [1.165, 1.54) is 12.3 Å². The van der Waals surface area contributed by atoms with Gasteiger partial charge in [-0.2, -0.15) is 4.98 Å². The second-order valence-electron chi connectivity index (χ2n) is 6.20. The first-order chi connectivity index (χ1) is 13.2. The van der Waals surface area contributed by atoms with E-state index in [4.69, 9.17) is 40.8 Å². The van der Waals surface area contributed by atoms with Crippen LogP contribution in [0.2, 0.25) is 0 Å². The smallest absolute Gasteiger partial charge is 0.400 e. The molecule has 1 aromatic heterocycles. The molecule has 0 aliphatic carbocycles. The fourth-order valence-electron chi connectivity index (χ4n) is 2.57. The fraction of sp³-hybridized carbons (Fsp3) is 0.583. The maximum atomic E-state index is 12.0. The van der Waals surface area contributed by atoms with Gasteiger partial charge >= 0.3 is 27.0 Å². The van der Waals surface area contributed by atoms with Crippen molar-refractivity contribution in [2.45, 2.75) is 30.9 Å². The molecular formula is C12H21N5O10P2. The Kier molecular flexibility index (Phi) is 7.32. The van der Waals surface area contributed by atoms with Gasteiger partial charge in [-0.25, -0.2) is 14.9 Å². The van der Waals surface area contributed by atoms with Crippen LogP contribution in [0.3, 0.4) is 0 Å². The van der Waals surface area contributed by atoms with E-state index in [1.807, 2.05) is 0 Å². The molecule has 0 bridgehead atoms. The molecule has 1 aliphatic heterocycles. The van der Waals surface area contributed by atoms with E-state index >= 15 is 0 Å². The third-order valence-electron chi connectivity index (χ3n) is 3.76. The lowest BCUT2D eigenvalue weighted by Gasteiger charge is -2.20. The predicted octanol–water partition coefficient (Wildman–Crippen LogP) is -2.39. The number of carbonyl (C=O) groups is 1. The first kappa shape index (κ1) is 23.6. The van der Waals surface area contributed by atoms with Crippen LogP contribution in [0.5, 0.6) is 0 Å². The molecule has 1 saturated heterocycles. The van der Waals surface area contributed by atoms with Crippen molar-refractivity contribution in [3.63, 3.8) is 0 Å². The number of aromatic nitrogens is 2. The lowest BCUT2D eigenvalue weighted by atomic mass is 10.2. The summed E-state index contributed by atoms with van der Waals surface area (Å²) >= 11 is 0. The first-order valence-corrected chi connectivity index (χ1v) is 11.5. The SMILES string of the molecule is Nc1ccn([C@H]2C[C@H](OP(N)(=O)O)[C@@H](COC(=O)[C@@H](N)CP(=O)(O)O)O2)c(=O)n1. The van der Waals surface area contributed by atoms with Gasteiger partial charge in [0.1, 0.15) is 36.9 Å². The summed E-state index contributed by atoms with van der Waals surface area (Å²) in [7, 11) is -9.00. The van der Waals surface area contributed by atoms with Gasteiger partial charge in [0.2, 0.25) is 0 Å². The number of esters is 1. The zero-order valence-corrected chi connectivity index (χ0v) is 16.6. The molecule has 5 atom stereocenters. The molecule has 17 heteroatoms. The largest absolute Gasteiger partial charge is 0.462 e. The zero-order chi connectivity index (χ0) is 22.0. The van der Waals surface area contributed by atoms with Crippen LogP contribution in [0, 0.1) is 0 Å². The highest BCUT2D eigenvalue weighted by atomic mass is 31.2. The van der Waals surface area contributed by atoms with Crippen LogP contribution in [-0.2, 0) is 27.9 Å².